The first-order chi connectivity index (χ1) is 15.6. The van der Waals surface area contributed by atoms with E-state index in [1.54, 1.807) is 49.8 Å². The Balaban J connectivity index is 1.56. The number of carbonyl (C=O) groups excluding carboxylic acids is 1. The van der Waals surface area contributed by atoms with Crippen molar-refractivity contribution in [2.45, 2.75) is 6.54 Å². The average Bonchev–Trinajstić information content (AvgIpc) is 2.84. The zero-order chi connectivity index (χ0) is 22.3. The average molecular weight is 426 g/mol. The van der Waals surface area contributed by atoms with E-state index in [1.807, 2.05) is 42.5 Å². The SMILES string of the molecule is CNc1nccc(-c2cccnc2Oc2ccc(N(Cc3ccccc3)C(N)=O)cc2)n1. The number of pyridine rings is 1. The molecule has 0 bridgehead atoms. The largest absolute Gasteiger partial charge is 0.438 e. The number of nitrogens with two attached hydrogens (primary N) is 1. The van der Waals surface area contributed by atoms with Crippen LogP contribution in [0.1, 0.15) is 5.56 Å². The summed E-state index contributed by atoms with van der Waals surface area (Å²) in [5.41, 5.74) is 8.69. The summed E-state index contributed by atoms with van der Waals surface area (Å²) in [6.45, 7) is 0.377. The van der Waals surface area contributed by atoms with Crippen LogP contribution in [0.25, 0.3) is 11.3 Å². The predicted octanol–water partition coefficient (Wildman–Crippen LogP) is 4.46. The zero-order valence-electron chi connectivity index (χ0n) is 17.5. The van der Waals surface area contributed by atoms with Crippen molar-refractivity contribution in [2.24, 2.45) is 5.73 Å². The second-order valence-corrected chi connectivity index (χ2v) is 6.88. The molecule has 160 valence electrons. The van der Waals surface area contributed by atoms with Crippen molar-refractivity contribution in [2.75, 3.05) is 17.3 Å². The molecule has 0 fully saturated rings. The van der Waals surface area contributed by atoms with Gasteiger partial charge in [-0.25, -0.2) is 19.7 Å². The summed E-state index contributed by atoms with van der Waals surface area (Å²) in [5.74, 6) is 1.49. The monoisotopic (exact) mass is 426 g/mol. The Labute approximate surface area is 185 Å². The van der Waals surface area contributed by atoms with E-state index in [-0.39, 0.29) is 0 Å². The maximum Gasteiger partial charge on any atom is 0.319 e. The Kier molecular flexibility index (Phi) is 6.22. The molecular weight excluding hydrogens is 404 g/mol. The number of carbonyl (C=O) groups is 1. The molecule has 32 heavy (non-hydrogen) atoms. The number of primary amides is 1. The molecule has 2 aromatic carbocycles. The molecule has 4 rings (SSSR count). The normalized spacial score (nSPS) is 10.4. The van der Waals surface area contributed by atoms with Crippen molar-refractivity contribution in [1.82, 2.24) is 15.0 Å². The molecule has 8 heteroatoms. The molecule has 2 amide bonds. The lowest BCUT2D eigenvalue weighted by molar-refractivity contribution is 0.253. The third-order valence-corrected chi connectivity index (χ3v) is 4.74. The molecule has 0 radical (unpaired) electrons. The van der Waals surface area contributed by atoms with Gasteiger partial charge in [0.25, 0.3) is 0 Å². The van der Waals surface area contributed by atoms with E-state index in [1.165, 1.54) is 4.90 Å². The Morgan fingerprint density at radius 2 is 1.75 bits per heavy atom. The van der Waals surface area contributed by atoms with Gasteiger partial charge in [0.05, 0.1) is 17.8 Å². The molecule has 2 heterocycles. The first-order valence-electron chi connectivity index (χ1n) is 9.99. The van der Waals surface area contributed by atoms with Gasteiger partial charge in [0.1, 0.15) is 5.75 Å². The van der Waals surface area contributed by atoms with Crippen LogP contribution in [0.3, 0.4) is 0 Å². The lowest BCUT2D eigenvalue weighted by Gasteiger charge is -2.21. The van der Waals surface area contributed by atoms with Crippen LogP contribution >= 0.6 is 0 Å². The highest BCUT2D eigenvalue weighted by molar-refractivity contribution is 5.90. The second-order valence-electron chi connectivity index (χ2n) is 6.88. The maximum absolute atomic E-state index is 12.0. The van der Waals surface area contributed by atoms with Crippen LogP contribution in [0.2, 0.25) is 0 Å². The molecule has 0 unspecified atom stereocenters. The van der Waals surface area contributed by atoms with E-state index in [0.29, 0.717) is 35.5 Å². The van der Waals surface area contributed by atoms with Gasteiger partial charge in [-0.15, -0.1) is 0 Å². The summed E-state index contributed by atoms with van der Waals surface area (Å²) in [7, 11) is 1.76. The minimum absolute atomic E-state index is 0.377. The maximum atomic E-state index is 12.0. The van der Waals surface area contributed by atoms with Gasteiger partial charge in [0, 0.05) is 25.1 Å². The van der Waals surface area contributed by atoms with E-state index in [9.17, 15) is 4.79 Å². The Bertz CT molecular complexity index is 1200. The van der Waals surface area contributed by atoms with Crippen LogP contribution in [-0.2, 0) is 6.54 Å². The third kappa shape index (κ3) is 4.81. The molecule has 3 N–H and O–H groups in total. The molecule has 0 saturated carbocycles. The lowest BCUT2D eigenvalue weighted by Crippen LogP contribution is -2.35. The Hall–Kier alpha value is -4.46. The van der Waals surface area contributed by atoms with Gasteiger partial charge in [0.2, 0.25) is 11.8 Å². The quantitative estimate of drug-likeness (QED) is 0.452. The summed E-state index contributed by atoms with van der Waals surface area (Å²) >= 11 is 0. The molecule has 0 atom stereocenters. The van der Waals surface area contributed by atoms with Crippen molar-refractivity contribution >= 4 is 17.7 Å². The first-order valence-corrected chi connectivity index (χ1v) is 9.99. The standard InChI is InChI=1S/C24H22N6O2/c1-26-24-28-15-13-21(29-24)20-8-5-14-27-22(20)32-19-11-9-18(10-12-19)30(23(25)31)16-17-6-3-2-4-7-17/h2-15H,16H2,1H3,(H2,25,31)(H,26,28,29). The van der Waals surface area contributed by atoms with E-state index in [2.05, 4.69) is 20.3 Å². The molecule has 0 aliphatic carbocycles. The highest BCUT2D eigenvalue weighted by atomic mass is 16.5. The Morgan fingerprint density at radius 3 is 2.47 bits per heavy atom. The summed E-state index contributed by atoms with van der Waals surface area (Å²) in [6, 6.07) is 21.8. The smallest absolute Gasteiger partial charge is 0.319 e. The van der Waals surface area contributed by atoms with Gasteiger partial charge in [-0.05, 0) is 48.0 Å². The van der Waals surface area contributed by atoms with E-state index < -0.39 is 6.03 Å². The number of amides is 2. The highest BCUT2D eigenvalue weighted by Crippen LogP contribution is 2.31. The van der Waals surface area contributed by atoms with Gasteiger partial charge in [0.15, 0.2) is 0 Å². The van der Waals surface area contributed by atoms with Crippen molar-refractivity contribution in [1.29, 1.82) is 0 Å². The number of hydrogen-bond acceptors (Lipinski definition) is 6. The van der Waals surface area contributed by atoms with Crippen molar-refractivity contribution in [3.8, 4) is 22.9 Å². The Morgan fingerprint density at radius 1 is 0.969 bits per heavy atom. The van der Waals surface area contributed by atoms with Gasteiger partial charge in [-0.1, -0.05) is 30.3 Å². The lowest BCUT2D eigenvalue weighted by atomic mass is 10.2. The molecular formula is C24H22N6O2. The number of rotatable bonds is 7. The fourth-order valence-electron chi connectivity index (χ4n) is 3.16. The van der Waals surface area contributed by atoms with Gasteiger partial charge >= 0.3 is 6.03 Å². The number of benzene rings is 2. The minimum atomic E-state index is -0.529. The predicted molar refractivity (Wildman–Crippen MR) is 124 cm³/mol. The van der Waals surface area contributed by atoms with Crippen LogP contribution in [0.5, 0.6) is 11.6 Å². The number of urea groups is 1. The molecule has 0 saturated heterocycles. The molecule has 2 aromatic heterocycles. The van der Waals surface area contributed by atoms with E-state index >= 15 is 0 Å². The second kappa shape index (κ2) is 9.57. The third-order valence-electron chi connectivity index (χ3n) is 4.74. The summed E-state index contributed by atoms with van der Waals surface area (Å²) < 4.78 is 6.02. The topological polar surface area (TPSA) is 106 Å². The fourth-order valence-corrected chi connectivity index (χ4v) is 3.16. The van der Waals surface area contributed by atoms with Gasteiger partial charge in [-0.2, -0.15) is 0 Å². The number of hydrogen-bond donors (Lipinski definition) is 2. The number of ether oxygens (including phenoxy) is 1. The van der Waals surface area contributed by atoms with Crippen LogP contribution < -0.4 is 20.7 Å². The first kappa shape index (κ1) is 20.8. The molecule has 4 aromatic rings. The van der Waals surface area contributed by atoms with Gasteiger partial charge < -0.3 is 15.8 Å². The van der Waals surface area contributed by atoms with Crippen LogP contribution in [0.15, 0.2) is 85.2 Å². The molecule has 8 nitrogen and oxygen atoms in total. The highest BCUT2D eigenvalue weighted by Gasteiger charge is 2.14. The zero-order valence-corrected chi connectivity index (χ0v) is 17.5. The number of nitrogens with one attached hydrogen (secondary N) is 1. The fraction of sp³-hybridized carbons (Fsp3) is 0.0833. The van der Waals surface area contributed by atoms with Crippen LogP contribution in [0.4, 0.5) is 16.4 Å². The molecule has 0 spiro atoms. The minimum Gasteiger partial charge on any atom is -0.438 e. The van der Waals surface area contributed by atoms with Crippen molar-refractivity contribution in [3.63, 3.8) is 0 Å². The van der Waals surface area contributed by atoms with Crippen molar-refractivity contribution < 1.29 is 9.53 Å². The summed E-state index contributed by atoms with van der Waals surface area (Å²) in [5, 5.41) is 2.92. The molecule has 0 aliphatic heterocycles. The number of anilines is 2. The van der Waals surface area contributed by atoms with Crippen LogP contribution in [-0.4, -0.2) is 28.0 Å². The van der Waals surface area contributed by atoms with Crippen molar-refractivity contribution in [3.05, 3.63) is 90.8 Å². The van der Waals surface area contributed by atoms with Crippen LogP contribution in [0, 0.1) is 0 Å². The van der Waals surface area contributed by atoms with E-state index in [0.717, 1.165) is 11.1 Å². The summed E-state index contributed by atoms with van der Waals surface area (Å²) in [4.78, 5) is 26.5. The van der Waals surface area contributed by atoms with Gasteiger partial charge in [-0.3, -0.25) is 4.90 Å². The molecule has 0 aliphatic rings. The summed E-state index contributed by atoms with van der Waals surface area (Å²) in [6.07, 6.45) is 3.33. The van der Waals surface area contributed by atoms with E-state index in [4.69, 9.17) is 10.5 Å². The number of nitrogens with zero attached hydrogens (tertiary/aromatic N) is 4. The number of aromatic nitrogens is 3.